The number of carboxylic acid groups (broad SMARTS) is 1. The molecule has 2 N–H and O–H groups in total. The lowest BCUT2D eigenvalue weighted by Crippen LogP contribution is -1.99. The molecule has 1 aliphatic rings. The Morgan fingerprint density at radius 2 is 1.96 bits per heavy atom. The van der Waals surface area contributed by atoms with Crippen LogP contribution >= 0.6 is 0 Å². The monoisotopic (exact) mass is 383 g/mol. The van der Waals surface area contributed by atoms with E-state index < -0.39 is 5.97 Å². The molecule has 2 heterocycles. The van der Waals surface area contributed by atoms with Crippen molar-refractivity contribution in [2.24, 2.45) is 0 Å². The molecule has 1 aromatic heterocycles. The van der Waals surface area contributed by atoms with Gasteiger partial charge in [-0.3, -0.25) is 0 Å². The van der Waals surface area contributed by atoms with E-state index in [1.165, 1.54) is 17.8 Å². The first-order chi connectivity index (χ1) is 13.5. The summed E-state index contributed by atoms with van der Waals surface area (Å²) in [5.41, 5.74) is 1.88. The highest BCUT2D eigenvalue weighted by Crippen LogP contribution is 2.39. The highest BCUT2D eigenvalue weighted by molar-refractivity contribution is 5.85. The molecule has 0 saturated heterocycles. The zero-order valence-electron chi connectivity index (χ0n) is 15.0. The summed E-state index contributed by atoms with van der Waals surface area (Å²) in [5, 5.41) is 27.8. The molecule has 2 aromatic carbocycles. The maximum Gasteiger partial charge on any atom is 0.330 e. The molecule has 9 heteroatoms. The molecule has 144 valence electrons. The van der Waals surface area contributed by atoms with Crippen LogP contribution < -0.4 is 14.2 Å². The molecule has 0 unspecified atom stereocenters. The van der Waals surface area contributed by atoms with E-state index in [0.29, 0.717) is 47.0 Å². The zero-order chi connectivity index (χ0) is 19.7. The molecule has 9 nitrogen and oxygen atoms in total. The van der Waals surface area contributed by atoms with Crippen LogP contribution in [0.15, 0.2) is 42.0 Å². The largest absolute Gasteiger partial charge is 0.505 e. The number of phenolic OH excluding ortho intramolecular Hbond substituents is 1. The lowest BCUT2D eigenvalue weighted by molar-refractivity contribution is -0.132. The fourth-order valence-corrected chi connectivity index (χ4v) is 2.71. The van der Waals surface area contributed by atoms with E-state index in [-0.39, 0.29) is 18.1 Å². The van der Waals surface area contributed by atoms with Crippen LogP contribution in [0, 0.1) is 0 Å². The van der Waals surface area contributed by atoms with Gasteiger partial charge < -0.3 is 24.4 Å². The summed E-state index contributed by atoms with van der Waals surface area (Å²) in [4.78, 5) is 12.1. The number of carboxylic acids is 1. The Morgan fingerprint density at radius 1 is 1.21 bits per heavy atom. The molecule has 28 heavy (non-hydrogen) atoms. The quantitative estimate of drug-likeness (QED) is 0.493. The molecule has 0 bridgehead atoms. The Morgan fingerprint density at radius 3 is 2.75 bits per heavy atom. The van der Waals surface area contributed by atoms with Gasteiger partial charge in [-0.1, -0.05) is 6.08 Å². The van der Waals surface area contributed by atoms with Gasteiger partial charge in [0.05, 0.1) is 6.61 Å². The van der Waals surface area contributed by atoms with Crippen molar-refractivity contribution in [3.05, 3.63) is 42.0 Å². The van der Waals surface area contributed by atoms with Gasteiger partial charge in [0.1, 0.15) is 28.2 Å². The topological polar surface area (TPSA) is 116 Å². The number of ether oxygens (including phenoxy) is 3. The van der Waals surface area contributed by atoms with Crippen LogP contribution in [0.3, 0.4) is 0 Å². The van der Waals surface area contributed by atoms with Crippen LogP contribution in [0.2, 0.25) is 0 Å². The molecular weight excluding hydrogens is 366 g/mol. The number of phenols is 1. The molecule has 0 saturated carbocycles. The third-order valence-corrected chi connectivity index (χ3v) is 4.21. The van der Waals surface area contributed by atoms with Gasteiger partial charge in [-0.05, 0) is 19.1 Å². The predicted octanol–water partition coefficient (Wildman–Crippen LogP) is 2.65. The van der Waals surface area contributed by atoms with Gasteiger partial charge in [0.15, 0.2) is 11.5 Å². The van der Waals surface area contributed by atoms with Crippen LogP contribution in [0.25, 0.3) is 16.7 Å². The van der Waals surface area contributed by atoms with Crippen molar-refractivity contribution in [2.75, 3.05) is 13.4 Å². The van der Waals surface area contributed by atoms with E-state index in [9.17, 15) is 9.90 Å². The van der Waals surface area contributed by atoms with Crippen molar-refractivity contribution in [3.63, 3.8) is 0 Å². The second kappa shape index (κ2) is 7.10. The van der Waals surface area contributed by atoms with Crippen molar-refractivity contribution >= 4 is 17.0 Å². The number of carbonyl (C=O) groups is 1. The van der Waals surface area contributed by atoms with Gasteiger partial charge in [0.2, 0.25) is 6.79 Å². The van der Waals surface area contributed by atoms with E-state index in [2.05, 4.69) is 10.2 Å². The Hall–Kier alpha value is -3.75. The summed E-state index contributed by atoms with van der Waals surface area (Å²) in [6.07, 6.45) is 2.09. The molecule has 0 fully saturated rings. The van der Waals surface area contributed by atoms with E-state index in [1.807, 2.05) is 0 Å². The lowest BCUT2D eigenvalue weighted by atomic mass is 10.2. The minimum atomic E-state index is -0.940. The molecule has 4 rings (SSSR count). The maximum atomic E-state index is 10.8. The van der Waals surface area contributed by atoms with Crippen molar-refractivity contribution in [1.29, 1.82) is 0 Å². The standard InChI is InChI=1S/C19H17N3O6/c1-11(19(24)25)3-2-6-26-12-4-5-13-14(7-12)21-22(20-13)15-8-17-18(9-16(15)23)28-10-27-17/h3-5,7-9,23H,2,6,10H2,1H3,(H,24,25)/b11-3+. The van der Waals surface area contributed by atoms with E-state index in [4.69, 9.17) is 19.3 Å². The highest BCUT2D eigenvalue weighted by atomic mass is 16.7. The Balaban J connectivity index is 1.53. The molecule has 0 amide bonds. The smallest absolute Gasteiger partial charge is 0.330 e. The first-order valence-electron chi connectivity index (χ1n) is 8.54. The molecule has 0 spiro atoms. The normalized spacial score (nSPS) is 13.1. The van der Waals surface area contributed by atoms with E-state index >= 15 is 0 Å². The Bertz CT molecular complexity index is 1090. The number of benzene rings is 2. The van der Waals surface area contributed by atoms with E-state index in [0.717, 1.165) is 0 Å². The van der Waals surface area contributed by atoms with Gasteiger partial charge in [-0.2, -0.15) is 0 Å². The van der Waals surface area contributed by atoms with Gasteiger partial charge in [-0.15, -0.1) is 15.0 Å². The van der Waals surface area contributed by atoms with Crippen LogP contribution in [0.5, 0.6) is 23.0 Å². The summed E-state index contributed by atoms with van der Waals surface area (Å²) in [6, 6.07) is 8.33. The molecule has 1 aliphatic heterocycles. The van der Waals surface area contributed by atoms with Crippen LogP contribution in [-0.4, -0.2) is 44.6 Å². The third kappa shape index (κ3) is 3.41. The summed E-state index contributed by atoms with van der Waals surface area (Å²) in [5.74, 6) is 0.617. The minimum absolute atomic E-state index is 0.0263. The van der Waals surface area contributed by atoms with Crippen molar-refractivity contribution in [3.8, 4) is 28.7 Å². The summed E-state index contributed by atoms with van der Waals surface area (Å²) in [7, 11) is 0. The van der Waals surface area contributed by atoms with Crippen LogP contribution in [0.1, 0.15) is 13.3 Å². The summed E-state index contributed by atoms with van der Waals surface area (Å²) >= 11 is 0. The summed E-state index contributed by atoms with van der Waals surface area (Å²) < 4.78 is 16.2. The van der Waals surface area contributed by atoms with Gasteiger partial charge >= 0.3 is 5.97 Å². The number of aromatic hydroxyl groups is 1. The van der Waals surface area contributed by atoms with Gasteiger partial charge in [0.25, 0.3) is 0 Å². The van der Waals surface area contributed by atoms with Crippen molar-refractivity contribution in [1.82, 2.24) is 15.0 Å². The molecule has 3 aromatic rings. The predicted molar refractivity (Wildman–Crippen MR) is 98.2 cm³/mol. The number of rotatable bonds is 6. The SMILES string of the molecule is C/C(=C\CCOc1ccc2nn(-c3cc4c(cc3O)OCO4)nc2c1)C(=O)O. The average molecular weight is 383 g/mol. The second-order valence-corrected chi connectivity index (χ2v) is 6.16. The first kappa shape index (κ1) is 17.7. The van der Waals surface area contributed by atoms with Crippen molar-refractivity contribution < 1.29 is 29.2 Å². The number of hydrogen-bond acceptors (Lipinski definition) is 7. The third-order valence-electron chi connectivity index (χ3n) is 4.21. The number of aromatic nitrogens is 3. The lowest BCUT2D eigenvalue weighted by Gasteiger charge is -2.04. The Kier molecular flexibility index (Phi) is 4.48. The number of hydrogen-bond donors (Lipinski definition) is 2. The molecular formula is C19H17N3O6. The number of aliphatic carboxylic acids is 1. The fraction of sp³-hybridized carbons (Fsp3) is 0.211. The average Bonchev–Trinajstić information content (AvgIpc) is 3.29. The van der Waals surface area contributed by atoms with Gasteiger partial charge in [-0.25, -0.2) is 4.79 Å². The summed E-state index contributed by atoms with van der Waals surface area (Å²) in [6.45, 7) is 1.99. The fourth-order valence-electron chi connectivity index (χ4n) is 2.71. The van der Waals surface area contributed by atoms with Gasteiger partial charge in [0, 0.05) is 30.2 Å². The molecule has 0 aliphatic carbocycles. The van der Waals surface area contributed by atoms with Crippen molar-refractivity contribution in [2.45, 2.75) is 13.3 Å². The van der Waals surface area contributed by atoms with Crippen LogP contribution in [-0.2, 0) is 4.79 Å². The second-order valence-electron chi connectivity index (χ2n) is 6.16. The molecule has 0 atom stereocenters. The first-order valence-corrected chi connectivity index (χ1v) is 8.54. The number of fused-ring (bicyclic) bond motifs is 2. The zero-order valence-corrected chi connectivity index (χ0v) is 15.0. The Labute approximate surface area is 159 Å². The van der Waals surface area contributed by atoms with Crippen LogP contribution in [0.4, 0.5) is 0 Å². The molecule has 0 radical (unpaired) electrons. The van der Waals surface area contributed by atoms with E-state index in [1.54, 1.807) is 30.3 Å². The number of nitrogens with zero attached hydrogens (tertiary/aromatic N) is 3. The maximum absolute atomic E-state index is 10.8. The minimum Gasteiger partial charge on any atom is -0.505 e. The highest BCUT2D eigenvalue weighted by Gasteiger charge is 2.19.